The quantitative estimate of drug-likeness (QED) is 0.340. The van der Waals surface area contributed by atoms with Crippen molar-refractivity contribution in [1.29, 1.82) is 0 Å². The lowest BCUT2D eigenvalue weighted by atomic mass is 10.0. The number of fused-ring (bicyclic) bond motifs is 1. The minimum absolute atomic E-state index is 0.163. The van der Waals surface area contributed by atoms with Crippen molar-refractivity contribution in [3.63, 3.8) is 0 Å². The molecule has 1 fully saturated rings. The smallest absolute Gasteiger partial charge is 0.214 e. The van der Waals surface area contributed by atoms with Gasteiger partial charge in [0, 0.05) is 11.6 Å². The molecule has 0 spiro atoms. The fraction of sp³-hybridized carbons (Fsp3) is 0.269. The zero-order chi connectivity index (χ0) is 26.4. The first-order chi connectivity index (χ1) is 17.5. The molecule has 0 bridgehead atoms. The summed E-state index contributed by atoms with van der Waals surface area (Å²) in [4.78, 5) is 0.163. The molecule has 1 N–H and O–H groups in total. The molecule has 4 aromatic rings. The number of hydrogen-bond donors (Lipinski definition) is 1. The highest BCUT2D eigenvalue weighted by Gasteiger charge is 2.38. The van der Waals surface area contributed by atoms with Gasteiger partial charge in [-0.25, -0.2) is 30.6 Å². The van der Waals surface area contributed by atoms with Crippen LogP contribution in [0.5, 0.6) is 5.75 Å². The third-order valence-corrected chi connectivity index (χ3v) is 9.46. The number of nitrogens with one attached hydrogen (secondary N) is 1. The maximum absolute atomic E-state index is 13.3. The molecule has 0 radical (unpaired) electrons. The third-order valence-electron chi connectivity index (χ3n) is 6.28. The molecule has 1 aromatic heterocycles. The predicted molar refractivity (Wildman–Crippen MR) is 138 cm³/mol. The minimum Gasteiger partial charge on any atom is -0.484 e. The van der Waals surface area contributed by atoms with E-state index in [9.17, 15) is 21.2 Å². The Bertz CT molecular complexity index is 1650. The van der Waals surface area contributed by atoms with E-state index < -0.39 is 37.3 Å². The number of halogens is 1. The average Bonchev–Trinajstić information content (AvgIpc) is 3.64. The molecule has 3 aromatic carbocycles. The summed E-state index contributed by atoms with van der Waals surface area (Å²) in [7, 11) is -6.88. The van der Waals surface area contributed by atoms with Gasteiger partial charge in [0.1, 0.15) is 17.7 Å². The van der Waals surface area contributed by atoms with Gasteiger partial charge in [-0.1, -0.05) is 12.1 Å². The third kappa shape index (κ3) is 5.53. The number of hydrogen-bond acceptors (Lipinski definition) is 6. The molecule has 8 nitrogen and oxygen atoms in total. The Morgan fingerprint density at radius 1 is 1.00 bits per heavy atom. The second-order valence-electron chi connectivity index (χ2n) is 9.28. The van der Waals surface area contributed by atoms with Crippen molar-refractivity contribution >= 4 is 30.8 Å². The molecule has 0 saturated heterocycles. The van der Waals surface area contributed by atoms with Gasteiger partial charge in [-0.3, -0.25) is 0 Å². The maximum atomic E-state index is 13.3. The van der Waals surface area contributed by atoms with Gasteiger partial charge in [0.05, 0.1) is 33.6 Å². The number of rotatable bonds is 9. The van der Waals surface area contributed by atoms with E-state index >= 15 is 0 Å². The van der Waals surface area contributed by atoms with Crippen LogP contribution in [0.15, 0.2) is 77.8 Å². The zero-order valence-electron chi connectivity index (χ0n) is 20.2. The summed E-state index contributed by atoms with van der Waals surface area (Å²) in [6, 6.07) is 17.0. The molecule has 194 valence electrons. The lowest BCUT2D eigenvalue weighted by Gasteiger charge is -2.26. The summed E-state index contributed by atoms with van der Waals surface area (Å²) >= 11 is 0. The van der Waals surface area contributed by atoms with Gasteiger partial charge < -0.3 is 4.74 Å². The van der Waals surface area contributed by atoms with Crippen molar-refractivity contribution in [3.05, 3.63) is 84.3 Å². The second kappa shape index (κ2) is 9.55. The van der Waals surface area contributed by atoms with Crippen molar-refractivity contribution in [2.75, 3.05) is 6.26 Å². The average molecular weight is 544 g/mol. The topological polar surface area (TPSA) is 107 Å². The SMILES string of the molecule is C[C@H](NS(=O)(=O)C1CC1)[C@H](Oc1ccc2c(cnn2-c2ccc(F)cc2)c1)c1ccc(S(C)(=O)=O)cc1. The van der Waals surface area contributed by atoms with E-state index in [1.807, 2.05) is 6.07 Å². The molecule has 0 unspecified atom stereocenters. The molecule has 1 aliphatic rings. The standard InChI is InChI=1S/C26H26FN3O5S2/c1-17(29-37(33,34)24-12-13-24)26(18-3-10-23(11-4-18)36(2,31)32)35-22-9-14-25-19(15-22)16-28-30(25)21-7-5-20(27)6-8-21/h3-11,14-17,24,26,29H,12-13H2,1-2H3/t17-,26-/m0/s1. The van der Waals surface area contributed by atoms with Gasteiger partial charge in [0.25, 0.3) is 0 Å². The molecule has 2 atom stereocenters. The van der Waals surface area contributed by atoms with Gasteiger partial charge in [0.15, 0.2) is 9.84 Å². The van der Waals surface area contributed by atoms with Crippen LogP contribution in [0.1, 0.15) is 31.4 Å². The van der Waals surface area contributed by atoms with E-state index in [2.05, 4.69) is 9.82 Å². The maximum Gasteiger partial charge on any atom is 0.214 e. The molecular weight excluding hydrogens is 517 g/mol. The lowest BCUT2D eigenvalue weighted by molar-refractivity contribution is 0.173. The molecule has 11 heteroatoms. The largest absolute Gasteiger partial charge is 0.484 e. The zero-order valence-corrected chi connectivity index (χ0v) is 21.8. The fourth-order valence-corrected chi connectivity index (χ4v) is 6.40. The summed E-state index contributed by atoms with van der Waals surface area (Å²) in [6.07, 6.45) is 3.33. The van der Waals surface area contributed by atoms with Crippen LogP contribution in [0.3, 0.4) is 0 Å². The van der Waals surface area contributed by atoms with E-state index in [0.29, 0.717) is 29.8 Å². The Hall–Kier alpha value is -3.28. The monoisotopic (exact) mass is 543 g/mol. The highest BCUT2D eigenvalue weighted by molar-refractivity contribution is 7.90. The first kappa shape index (κ1) is 25.4. The van der Waals surface area contributed by atoms with Crippen LogP contribution >= 0.6 is 0 Å². The van der Waals surface area contributed by atoms with E-state index in [1.165, 1.54) is 24.3 Å². The van der Waals surface area contributed by atoms with Crippen LogP contribution in [-0.2, 0) is 19.9 Å². The molecule has 1 saturated carbocycles. The van der Waals surface area contributed by atoms with Gasteiger partial charge in [-0.05, 0) is 79.9 Å². The van der Waals surface area contributed by atoms with Gasteiger partial charge in [-0.15, -0.1) is 0 Å². The Kier molecular flexibility index (Phi) is 6.55. The number of sulfonamides is 1. The first-order valence-electron chi connectivity index (χ1n) is 11.7. The summed E-state index contributed by atoms with van der Waals surface area (Å²) < 4.78 is 73.1. The summed E-state index contributed by atoms with van der Waals surface area (Å²) in [5.41, 5.74) is 2.12. The highest BCUT2D eigenvalue weighted by Crippen LogP contribution is 2.32. The lowest BCUT2D eigenvalue weighted by Crippen LogP contribution is -2.40. The van der Waals surface area contributed by atoms with Crippen molar-refractivity contribution in [3.8, 4) is 11.4 Å². The fourth-order valence-electron chi connectivity index (χ4n) is 4.18. The van der Waals surface area contributed by atoms with Gasteiger partial charge in [-0.2, -0.15) is 5.10 Å². The Labute approximate surface area is 215 Å². The molecule has 5 rings (SSSR count). The number of aromatic nitrogens is 2. The van der Waals surface area contributed by atoms with Crippen LogP contribution in [0.2, 0.25) is 0 Å². The second-order valence-corrected chi connectivity index (χ2v) is 13.3. The summed E-state index contributed by atoms with van der Waals surface area (Å²) in [6.45, 7) is 1.72. The van der Waals surface area contributed by atoms with Crippen LogP contribution in [0.25, 0.3) is 16.6 Å². The van der Waals surface area contributed by atoms with Crippen LogP contribution in [-0.4, -0.2) is 44.2 Å². The molecule has 0 amide bonds. The predicted octanol–water partition coefficient (Wildman–Crippen LogP) is 4.16. The van der Waals surface area contributed by atoms with Crippen molar-refractivity contribution in [1.82, 2.24) is 14.5 Å². The van der Waals surface area contributed by atoms with Crippen LogP contribution in [0, 0.1) is 5.82 Å². The number of ether oxygens (including phenoxy) is 1. The van der Waals surface area contributed by atoms with Gasteiger partial charge >= 0.3 is 0 Å². The van der Waals surface area contributed by atoms with Crippen molar-refractivity contribution < 1.29 is 26.0 Å². The van der Waals surface area contributed by atoms with Gasteiger partial charge in [0.2, 0.25) is 10.0 Å². The van der Waals surface area contributed by atoms with E-state index in [-0.39, 0.29) is 10.7 Å². The molecule has 1 heterocycles. The normalized spacial score (nSPS) is 16.0. The van der Waals surface area contributed by atoms with Crippen LogP contribution < -0.4 is 9.46 Å². The number of sulfone groups is 1. The minimum atomic E-state index is -3.49. The summed E-state index contributed by atoms with van der Waals surface area (Å²) in [5, 5.41) is 4.79. The number of nitrogens with zero attached hydrogens (tertiary/aromatic N) is 2. The summed E-state index contributed by atoms with van der Waals surface area (Å²) in [5.74, 6) is 0.152. The van der Waals surface area contributed by atoms with E-state index in [1.54, 1.807) is 54.2 Å². The molecular formula is C26H26FN3O5S2. The van der Waals surface area contributed by atoms with E-state index in [4.69, 9.17) is 4.74 Å². The number of benzene rings is 3. The van der Waals surface area contributed by atoms with Crippen molar-refractivity contribution in [2.45, 2.75) is 42.1 Å². The molecule has 37 heavy (non-hydrogen) atoms. The van der Waals surface area contributed by atoms with Crippen molar-refractivity contribution in [2.24, 2.45) is 0 Å². The Morgan fingerprint density at radius 3 is 2.30 bits per heavy atom. The highest BCUT2D eigenvalue weighted by atomic mass is 32.2. The Balaban J connectivity index is 1.46. The first-order valence-corrected chi connectivity index (χ1v) is 15.2. The molecule has 0 aliphatic heterocycles. The van der Waals surface area contributed by atoms with E-state index in [0.717, 1.165) is 17.2 Å². The molecule has 1 aliphatic carbocycles. The Morgan fingerprint density at radius 2 is 1.68 bits per heavy atom. The van der Waals surface area contributed by atoms with Crippen LogP contribution in [0.4, 0.5) is 4.39 Å².